The Bertz CT molecular complexity index is 3.25. The van der Waals surface area contributed by atoms with Crippen molar-refractivity contribution in [3.8, 4) is 0 Å². The van der Waals surface area contributed by atoms with Gasteiger partial charge in [0.25, 0.3) is 0 Å². The molecular formula is NdNi3. The molecule has 0 N–H and O–H groups in total. The van der Waals surface area contributed by atoms with Crippen molar-refractivity contribution in [3.05, 3.63) is 0 Å². The topological polar surface area (TPSA) is 0 Å². The fourth-order valence-corrected chi connectivity index (χ4v) is 0. The Morgan fingerprint density at radius 2 is 0.500 bits per heavy atom. The van der Waals surface area contributed by atoms with Crippen LogP contribution in [0, 0.1) is 40.8 Å². The van der Waals surface area contributed by atoms with Crippen LogP contribution in [0.4, 0.5) is 0 Å². The Balaban J connectivity index is 0. The summed E-state index contributed by atoms with van der Waals surface area (Å²) < 4.78 is 0. The van der Waals surface area contributed by atoms with Gasteiger partial charge >= 0.3 is 0 Å². The number of hydrogen-bond acceptors (Lipinski definition) is 0. The molecule has 0 heterocycles. The molecule has 4 heavy (non-hydrogen) atoms. The molecule has 0 bridgehead atoms. The van der Waals surface area contributed by atoms with E-state index >= 15 is 0 Å². The molecule has 0 spiro atoms. The van der Waals surface area contributed by atoms with Crippen LogP contribution in [0.2, 0.25) is 0 Å². The maximum atomic E-state index is 0. The summed E-state index contributed by atoms with van der Waals surface area (Å²) in [6.45, 7) is 0. The van der Waals surface area contributed by atoms with Crippen molar-refractivity contribution in [3.63, 3.8) is 0 Å². The second-order valence-corrected chi connectivity index (χ2v) is 0. The molecule has 0 aromatic heterocycles. The van der Waals surface area contributed by atoms with Gasteiger partial charge in [-0.3, -0.25) is 0 Å². The average Bonchev–Trinajstić information content (AvgIpc) is 0. The first kappa shape index (κ1) is 29.0. The molecule has 0 atom stereocenters. The Hall–Kier alpha value is 2.83. The average molecular weight is 320 g/mol. The molecular weight excluding hydrogens is 320 g/mol. The molecule has 0 aromatic rings. The van der Waals surface area contributed by atoms with Crippen molar-refractivity contribution in [2.45, 2.75) is 0 Å². The van der Waals surface area contributed by atoms with Gasteiger partial charge in [-0.25, -0.2) is 0 Å². The van der Waals surface area contributed by atoms with E-state index in [1.54, 1.807) is 0 Å². The van der Waals surface area contributed by atoms with Gasteiger partial charge in [0.1, 0.15) is 0 Å². The van der Waals surface area contributed by atoms with E-state index in [4.69, 9.17) is 0 Å². The number of hydrogen-bond donors (Lipinski definition) is 0. The molecule has 0 saturated heterocycles. The van der Waals surface area contributed by atoms with Gasteiger partial charge in [0.05, 0.1) is 0 Å². The quantitative estimate of drug-likeness (QED) is 0.551. The molecule has 4 heteroatoms. The van der Waals surface area contributed by atoms with Gasteiger partial charge in [0.2, 0.25) is 0 Å². The minimum Gasteiger partial charge on any atom is 0 e. The minimum atomic E-state index is 0. The Morgan fingerprint density at radius 3 is 0.500 bits per heavy atom. The molecule has 0 amide bonds. The van der Waals surface area contributed by atoms with Crippen molar-refractivity contribution < 1.29 is 90.3 Å². The summed E-state index contributed by atoms with van der Waals surface area (Å²) in [7, 11) is 0. The first-order chi connectivity index (χ1) is 0. The zero-order valence-electron chi connectivity index (χ0n) is 1.45. The van der Waals surface area contributed by atoms with E-state index in [1.807, 2.05) is 0 Å². The SMILES string of the molecule is [Nd].[Ni].[Ni].[Ni]. The van der Waals surface area contributed by atoms with Crippen molar-refractivity contribution in [2.24, 2.45) is 0 Å². The fraction of sp³-hybridized carbons (Fsp3) is 0. The molecule has 34 valence electrons. The zero-order chi connectivity index (χ0) is 0. The third-order valence-electron chi connectivity index (χ3n) is 0. The van der Waals surface area contributed by atoms with Crippen LogP contribution in [0.3, 0.4) is 0 Å². The maximum Gasteiger partial charge on any atom is 0 e. The van der Waals surface area contributed by atoms with E-state index in [9.17, 15) is 0 Å². The van der Waals surface area contributed by atoms with Crippen molar-refractivity contribution in [1.29, 1.82) is 0 Å². The largest absolute Gasteiger partial charge is 0 e. The zero-order valence-corrected chi connectivity index (χ0v) is 7.62. The second kappa shape index (κ2) is 17.0. The van der Waals surface area contributed by atoms with E-state index in [1.165, 1.54) is 0 Å². The molecule has 0 radical (unpaired) electrons. The Kier molecular flexibility index (Phi) is 123. The van der Waals surface area contributed by atoms with E-state index in [2.05, 4.69) is 0 Å². The summed E-state index contributed by atoms with van der Waals surface area (Å²) >= 11 is 0. The number of rotatable bonds is 0. The van der Waals surface area contributed by atoms with E-state index in [-0.39, 0.29) is 90.3 Å². The smallest absolute Gasteiger partial charge is 0 e. The first-order valence-electron chi connectivity index (χ1n) is 0. The van der Waals surface area contributed by atoms with Gasteiger partial charge in [-0.15, -0.1) is 0 Å². The van der Waals surface area contributed by atoms with Crippen LogP contribution in [-0.4, -0.2) is 0 Å². The molecule has 0 aliphatic rings. The normalized spacial score (nSPS) is 0. The molecule has 0 rings (SSSR count). The maximum absolute atomic E-state index is 0. The van der Waals surface area contributed by atoms with Gasteiger partial charge in [0.15, 0.2) is 0 Å². The third kappa shape index (κ3) is 8.85. The minimum absolute atomic E-state index is 0. The Morgan fingerprint density at radius 1 is 0.500 bits per heavy atom. The summed E-state index contributed by atoms with van der Waals surface area (Å²) in [6, 6.07) is 0. The molecule has 0 aromatic carbocycles. The second-order valence-electron chi connectivity index (χ2n) is 0. The summed E-state index contributed by atoms with van der Waals surface area (Å²) in [5.41, 5.74) is 0. The van der Waals surface area contributed by atoms with Gasteiger partial charge < -0.3 is 0 Å². The van der Waals surface area contributed by atoms with E-state index in [0.717, 1.165) is 0 Å². The molecule has 0 unspecified atom stereocenters. The van der Waals surface area contributed by atoms with Crippen molar-refractivity contribution >= 4 is 0 Å². The van der Waals surface area contributed by atoms with Crippen LogP contribution in [0.1, 0.15) is 0 Å². The summed E-state index contributed by atoms with van der Waals surface area (Å²) in [4.78, 5) is 0. The monoisotopic (exact) mass is 316 g/mol. The van der Waals surface area contributed by atoms with Gasteiger partial charge in [-0.2, -0.15) is 0 Å². The van der Waals surface area contributed by atoms with Gasteiger partial charge in [-0.05, 0) is 0 Å². The van der Waals surface area contributed by atoms with Crippen LogP contribution in [0.15, 0.2) is 0 Å². The van der Waals surface area contributed by atoms with Crippen LogP contribution in [0.5, 0.6) is 0 Å². The molecule has 0 fully saturated rings. The third-order valence-corrected chi connectivity index (χ3v) is 0. The summed E-state index contributed by atoms with van der Waals surface area (Å²) in [5, 5.41) is 0. The van der Waals surface area contributed by atoms with Gasteiger partial charge in [-0.1, -0.05) is 0 Å². The summed E-state index contributed by atoms with van der Waals surface area (Å²) in [5.74, 6) is 0. The molecule has 0 nitrogen and oxygen atoms in total. The fourth-order valence-electron chi connectivity index (χ4n) is 0. The predicted molar refractivity (Wildman–Crippen MR) is 0 cm³/mol. The molecule has 0 aliphatic heterocycles. The van der Waals surface area contributed by atoms with Crippen molar-refractivity contribution in [2.75, 3.05) is 0 Å². The molecule has 0 saturated carbocycles. The Labute approximate surface area is 88.5 Å². The predicted octanol–water partition coefficient (Wildman–Crippen LogP) is -0.00750. The standard InChI is InChI=1S/Nd.3Ni. The van der Waals surface area contributed by atoms with Crippen molar-refractivity contribution in [1.82, 2.24) is 0 Å². The first-order valence-corrected chi connectivity index (χ1v) is 0. The van der Waals surface area contributed by atoms with Crippen LogP contribution >= 0.6 is 0 Å². The van der Waals surface area contributed by atoms with Gasteiger partial charge in [0, 0.05) is 90.3 Å². The van der Waals surface area contributed by atoms with Crippen LogP contribution in [0.25, 0.3) is 0 Å². The molecule has 0 aliphatic carbocycles. The van der Waals surface area contributed by atoms with E-state index < -0.39 is 0 Å². The summed E-state index contributed by atoms with van der Waals surface area (Å²) in [6.07, 6.45) is 0. The van der Waals surface area contributed by atoms with Crippen LogP contribution < -0.4 is 0 Å². The van der Waals surface area contributed by atoms with E-state index in [0.29, 0.717) is 0 Å². The van der Waals surface area contributed by atoms with Crippen LogP contribution in [-0.2, 0) is 49.5 Å².